The Labute approximate surface area is 123 Å². The standard InChI is InChI=1S/C16H30N2O2/c1-5-20-16(19)17-15-8-14(11(2)3)9-18(10-15)12(4)13-6-7-13/h11-15H,5-10H2,1-4H3,(H,17,19). The molecule has 20 heavy (non-hydrogen) atoms. The van der Waals surface area contributed by atoms with Crippen LogP contribution in [0.15, 0.2) is 0 Å². The van der Waals surface area contributed by atoms with Crippen molar-refractivity contribution in [2.45, 2.75) is 59.0 Å². The lowest BCUT2D eigenvalue weighted by atomic mass is 9.84. The van der Waals surface area contributed by atoms with E-state index in [4.69, 9.17) is 4.74 Å². The molecule has 0 radical (unpaired) electrons. The second-order valence-electron chi connectivity index (χ2n) is 6.83. The van der Waals surface area contributed by atoms with Crippen molar-refractivity contribution < 1.29 is 9.53 Å². The summed E-state index contributed by atoms with van der Waals surface area (Å²) in [6.07, 6.45) is 3.56. The van der Waals surface area contributed by atoms with Crippen molar-refractivity contribution in [2.75, 3.05) is 19.7 Å². The zero-order chi connectivity index (χ0) is 14.7. The van der Waals surface area contributed by atoms with Crippen LogP contribution in [0.4, 0.5) is 4.79 Å². The molecule has 1 aliphatic heterocycles. The monoisotopic (exact) mass is 282 g/mol. The van der Waals surface area contributed by atoms with Gasteiger partial charge >= 0.3 is 6.09 Å². The van der Waals surface area contributed by atoms with Gasteiger partial charge in [-0.2, -0.15) is 0 Å². The highest BCUT2D eigenvalue weighted by Gasteiger charge is 2.37. The largest absolute Gasteiger partial charge is 0.450 e. The molecule has 1 heterocycles. The highest BCUT2D eigenvalue weighted by atomic mass is 16.5. The van der Waals surface area contributed by atoms with Gasteiger partial charge in [-0.1, -0.05) is 13.8 Å². The number of hydrogen-bond acceptors (Lipinski definition) is 3. The number of alkyl carbamates (subject to hydrolysis) is 1. The number of nitrogens with zero attached hydrogens (tertiary/aromatic N) is 1. The smallest absolute Gasteiger partial charge is 0.407 e. The summed E-state index contributed by atoms with van der Waals surface area (Å²) >= 11 is 0. The molecule has 2 aliphatic rings. The quantitative estimate of drug-likeness (QED) is 0.843. The molecule has 3 unspecified atom stereocenters. The van der Waals surface area contributed by atoms with Crippen LogP contribution in [0.3, 0.4) is 0 Å². The summed E-state index contributed by atoms with van der Waals surface area (Å²) in [6.45, 7) is 11.4. The second kappa shape index (κ2) is 6.79. The molecule has 3 atom stereocenters. The predicted molar refractivity (Wildman–Crippen MR) is 80.6 cm³/mol. The SMILES string of the molecule is CCOC(=O)NC1CC(C(C)C)CN(C(C)C2CC2)C1. The third kappa shape index (κ3) is 4.11. The molecule has 4 nitrogen and oxygen atoms in total. The van der Waals surface area contributed by atoms with Crippen LogP contribution in [0.1, 0.15) is 47.0 Å². The van der Waals surface area contributed by atoms with Crippen LogP contribution < -0.4 is 5.32 Å². The van der Waals surface area contributed by atoms with Crippen LogP contribution in [0, 0.1) is 17.8 Å². The number of amides is 1. The first-order chi connectivity index (χ1) is 9.51. The van der Waals surface area contributed by atoms with E-state index >= 15 is 0 Å². The van der Waals surface area contributed by atoms with Gasteiger partial charge in [0.15, 0.2) is 0 Å². The zero-order valence-corrected chi connectivity index (χ0v) is 13.4. The average molecular weight is 282 g/mol. The van der Waals surface area contributed by atoms with Crippen molar-refractivity contribution in [2.24, 2.45) is 17.8 Å². The lowest BCUT2D eigenvalue weighted by Crippen LogP contribution is -2.54. The summed E-state index contributed by atoms with van der Waals surface area (Å²) in [7, 11) is 0. The van der Waals surface area contributed by atoms with Crippen LogP contribution in [0.2, 0.25) is 0 Å². The van der Waals surface area contributed by atoms with Crippen LogP contribution in [0.25, 0.3) is 0 Å². The molecule has 2 rings (SSSR count). The Bertz CT molecular complexity index is 328. The van der Waals surface area contributed by atoms with E-state index in [1.165, 1.54) is 19.4 Å². The first-order valence-electron chi connectivity index (χ1n) is 8.18. The van der Waals surface area contributed by atoms with Gasteiger partial charge in [-0.3, -0.25) is 4.90 Å². The van der Waals surface area contributed by atoms with E-state index in [9.17, 15) is 4.79 Å². The third-order valence-corrected chi connectivity index (χ3v) is 4.93. The Balaban J connectivity index is 1.94. The molecule has 1 saturated heterocycles. The maximum Gasteiger partial charge on any atom is 0.407 e. The Hall–Kier alpha value is -0.770. The molecule has 0 aromatic carbocycles. The van der Waals surface area contributed by atoms with Crippen molar-refractivity contribution in [3.05, 3.63) is 0 Å². The highest BCUT2D eigenvalue weighted by molar-refractivity contribution is 5.67. The molecule has 0 aromatic rings. The molecule has 1 aliphatic carbocycles. The number of hydrogen-bond donors (Lipinski definition) is 1. The maximum absolute atomic E-state index is 11.7. The summed E-state index contributed by atoms with van der Waals surface area (Å²) in [5.41, 5.74) is 0. The summed E-state index contributed by atoms with van der Waals surface area (Å²) in [6, 6.07) is 0.888. The molecule has 1 amide bonds. The zero-order valence-electron chi connectivity index (χ0n) is 13.4. The van der Waals surface area contributed by atoms with Gasteiger partial charge in [0.1, 0.15) is 0 Å². The fourth-order valence-corrected chi connectivity index (χ4v) is 3.31. The summed E-state index contributed by atoms with van der Waals surface area (Å²) in [5, 5.41) is 3.05. The second-order valence-corrected chi connectivity index (χ2v) is 6.83. The molecule has 0 spiro atoms. The first kappa shape index (κ1) is 15.6. The van der Waals surface area contributed by atoms with Gasteiger partial charge in [0.2, 0.25) is 0 Å². The van der Waals surface area contributed by atoms with E-state index in [2.05, 4.69) is 31.0 Å². The summed E-state index contributed by atoms with van der Waals surface area (Å²) in [5.74, 6) is 2.21. The van der Waals surface area contributed by atoms with Gasteiger partial charge in [0, 0.05) is 25.2 Å². The summed E-state index contributed by atoms with van der Waals surface area (Å²) in [4.78, 5) is 14.2. The van der Waals surface area contributed by atoms with Gasteiger partial charge in [-0.15, -0.1) is 0 Å². The van der Waals surface area contributed by atoms with Gasteiger partial charge in [-0.05, 0) is 50.9 Å². The highest BCUT2D eigenvalue weighted by Crippen LogP contribution is 2.37. The number of nitrogens with one attached hydrogen (secondary N) is 1. The number of piperidine rings is 1. The fraction of sp³-hybridized carbons (Fsp3) is 0.938. The first-order valence-corrected chi connectivity index (χ1v) is 8.18. The Morgan fingerprint density at radius 3 is 2.50 bits per heavy atom. The van der Waals surface area contributed by atoms with Gasteiger partial charge in [0.25, 0.3) is 0 Å². The van der Waals surface area contributed by atoms with E-state index < -0.39 is 0 Å². The predicted octanol–water partition coefficient (Wildman–Crippen LogP) is 2.88. The number of ether oxygens (including phenoxy) is 1. The van der Waals surface area contributed by atoms with Crippen molar-refractivity contribution in [3.8, 4) is 0 Å². The van der Waals surface area contributed by atoms with E-state index in [1.807, 2.05) is 6.92 Å². The third-order valence-electron chi connectivity index (χ3n) is 4.93. The van der Waals surface area contributed by atoms with Gasteiger partial charge in [-0.25, -0.2) is 4.79 Å². The van der Waals surface area contributed by atoms with Crippen LogP contribution in [0.5, 0.6) is 0 Å². The van der Waals surface area contributed by atoms with Crippen LogP contribution >= 0.6 is 0 Å². The molecule has 116 valence electrons. The van der Waals surface area contributed by atoms with Crippen LogP contribution in [-0.2, 0) is 4.74 Å². The number of carbonyl (C=O) groups excluding carboxylic acids is 1. The molecule has 4 heteroatoms. The van der Waals surface area contributed by atoms with Crippen LogP contribution in [-0.4, -0.2) is 42.8 Å². The van der Waals surface area contributed by atoms with E-state index in [0.29, 0.717) is 24.5 Å². The number of likely N-dealkylation sites (tertiary alicyclic amines) is 1. The van der Waals surface area contributed by atoms with Crippen molar-refractivity contribution in [3.63, 3.8) is 0 Å². The fourth-order valence-electron chi connectivity index (χ4n) is 3.31. The maximum atomic E-state index is 11.7. The average Bonchev–Trinajstić information content (AvgIpc) is 3.21. The molecule has 1 N–H and O–H groups in total. The Kier molecular flexibility index (Phi) is 5.30. The Morgan fingerprint density at radius 2 is 1.95 bits per heavy atom. The molecule has 2 fully saturated rings. The minimum Gasteiger partial charge on any atom is -0.450 e. The molecule has 0 aromatic heterocycles. The van der Waals surface area contributed by atoms with Gasteiger partial charge in [0.05, 0.1) is 6.61 Å². The number of rotatable bonds is 5. The summed E-state index contributed by atoms with van der Waals surface area (Å²) < 4.78 is 5.03. The van der Waals surface area contributed by atoms with Crippen molar-refractivity contribution in [1.29, 1.82) is 0 Å². The topological polar surface area (TPSA) is 41.6 Å². The van der Waals surface area contributed by atoms with Crippen molar-refractivity contribution >= 4 is 6.09 Å². The van der Waals surface area contributed by atoms with E-state index in [0.717, 1.165) is 18.9 Å². The normalized spacial score (nSPS) is 29.2. The van der Waals surface area contributed by atoms with E-state index in [-0.39, 0.29) is 12.1 Å². The molecule has 0 bridgehead atoms. The minimum absolute atomic E-state index is 0.233. The Morgan fingerprint density at radius 1 is 1.25 bits per heavy atom. The molecular weight excluding hydrogens is 252 g/mol. The lowest BCUT2D eigenvalue weighted by Gasteiger charge is -2.42. The van der Waals surface area contributed by atoms with Crippen molar-refractivity contribution in [1.82, 2.24) is 10.2 Å². The molecule has 1 saturated carbocycles. The van der Waals surface area contributed by atoms with E-state index in [1.54, 1.807) is 0 Å². The number of carbonyl (C=O) groups is 1. The molecular formula is C16H30N2O2. The lowest BCUT2D eigenvalue weighted by molar-refractivity contribution is 0.0713. The minimum atomic E-state index is -0.263. The van der Waals surface area contributed by atoms with Gasteiger partial charge < -0.3 is 10.1 Å².